The molecule has 0 aromatic heterocycles. The maximum Gasteiger partial charge on any atom is 0.144 e. The van der Waals surface area contributed by atoms with E-state index < -0.39 is 11.7 Å². The van der Waals surface area contributed by atoms with E-state index in [4.69, 9.17) is 4.74 Å². The highest BCUT2D eigenvalue weighted by molar-refractivity contribution is 5.13. The third-order valence-corrected chi connectivity index (χ3v) is 3.69. The molecule has 0 bridgehead atoms. The average molecular weight is 265 g/mol. The van der Waals surface area contributed by atoms with Crippen LogP contribution < -0.4 is 5.32 Å². The number of nitrogens with one attached hydrogen (secondary N) is 1. The van der Waals surface area contributed by atoms with E-state index in [1.54, 1.807) is 0 Å². The van der Waals surface area contributed by atoms with Crippen LogP contribution in [0.5, 0.6) is 0 Å². The highest BCUT2D eigenvalue weighted by Crippen LogP contribution is 2.33. The Morgan fingerprint density at radius 3 is 2.47 bits per heavy atom. The first-order chi connectivity index (χ1) is 8.80. The molecule has 106 valence electrons. The highest BCUT2D eigenvalue weighted by Gasteiger charge is 2.46. The summed E-state index contributed by atoms with van der Waals surface area (Å²) >= 11 is 0. The molecular formula is C16H24FNO. The van der Waals surface area contributed by atoms with Gasteiger partial charge in [0.15, 0.2) is 0 Å². The van der Waals surface area contributed by atoms with Crippen molar-refractivity contribution in [3.8, 4) is 0 Å². The second-order valence-electron chi connectivity index (χ2n) is 6.67. The Morgan fingerprint density at radius 2 is 1.84 bits per heavy atom. The SMILES string of the molecule is CC1(C)C[C@@H](OCc2ccccc2)[C@@H](F)C(C)(C)N1. The zero-order valence-corrected chi connectivity index (χ0v) is 12.2. The molecule has 2 rings (SSSR count). The van der Waals surface area contributed by atoms with Crippen LogP contribution in [0.4, 0.5) is 4.39 Å². The van der Waals surface area contributed by atoms with Crippen molar-refractivity contribution in [3.05, 3.63) is 35.9 Å². The molecule has 1 heterocycles. The first-order valence-electron chi connectivity index (χ1n) is 6.89. The summed E-state index contributed by atoms with van der Waals surface area (Å²) < 4.78 is 20.3. The summed E-state index contributed by atoms with van der Waals surface area (Å²) in [5.41, 5.74) is 0.431. The van der Waals surface area contributed by atoms with Gasteiger partial charge in [0.2, 0.25) is 0 Å². The van der Waals surface area contributed by atoms with E-state index in [0.29, 0.717) is 13.0 Å². The van der Waals surface area contributed by atoms with E-state index in [-0.39, 0.29) is 11.6 Å². The Kier molecular flexibility index (Phi) is 3.98. The van der Waals surface area contributed by atoms with Gasteiger partial charge in [-0.2, -0.15) is 0 Å². The molecule has 0 spiro atoms. The van der Waals surface area contributed by atoms with Crippen molar-refractivity contribution in [3.63, 3.8) is 0 Å². The van der Waals surface area contributed by atoms with Gasteiger partial charge in [0.25, 0.3) is 0 Å². The van der Waals surface area contributed by atoms with Gasteiger partial charge >= 0.3 is 0 Å². The molecule has 1 aliphatic rings. The number of ether oxygens (including phenoxy) is 1. The lowest BCUT2D eigenvalue weighted by atomic mass is 9.79. The lowest BCUT2D eigenvalue weighted by molar-refractivity contribution is -0.0873. The van der Waals surface area contributed by atoms with Crippen LogP contribution in [0.1, 0.15) is 39.7 Å². The van der Waals surface area contributed by atoms with Crippen molar-refractivity contribution in [1.82, 2.24) is 5.32 Å². The molecule has 1 N–H and O–H groups in total. The average Bonchev–Trinajstić information content (AvgIpc) is 2.32. The minimum Gasteiger partial charge on any atom is -0.370 e. The van der Waals surface area contributed by atoms with E-state index in [1.807, 2.05) is 44.2 Å². The quantitative estimate of drug-likeness (QED) is 0.903. The van der Waals surface area contributed by atoms with Gasteiger partial charge in [-0.1, -0.05) is 30.3 Å². The van der Waals surface area contributed by atoms with Crippen molar-refractivity contribution >= 4 is 0 Å². The Balaban J connectivity index is 2.02. The molecule has 1 fully saturated rings. The highest BCUT2D eigenvalue weighted by atomic mass is 19.1. The Labute approximate surface area is 115 Å². The molecule has 0 amide bonds. The number of halogens is 1. The summed E-state index contributed by atoms with van der Waals surface area (Å²) in [6, 6.07) is 9.93. The first kappa shape index (κ1) is 14.5. The van der Waals surface area contributed by atoms with E-state index in [0.717, 1.165) is 5.56 Å². The number of alkyl halides is 1. The minimum atomic E-state index is -0.996. The zero-order valence-electron chi connectivity index (χ0n) is 12.2. The summed E-state index contributed by atoms with van der Waals surface area (Å²) in [7, 11) is 0. The van der Waals surface area contributed by atoms with Crippen molar-refractivity contribution < 1.29 is 9.13 Å². The maximum atomic E-state index is 14.5. The number of piperidine rings is 1. The largest absolute Gasteiger partial charge is 0.370 e. The van der Waals surface area contributed by atoms with Gasteiger partial charge in [-0.25, -0.2) is 4.39 Å². The van der Waals surface area contributed by atoms with Crippen molar-refractivity contribution in [2.75, 3.05) is 0 Å². The smallest absolute Gasteiger partial charge is 0.144 e. The van der Waals surface area contributed by atoms with E-state index in [1.165, 1.54) is 0 Å². The van der Waals surface area contributed by atoms with Crippen LogP contribution in [0.25, 0.3) is 0 Å². The van der Waals surface area contributed by atoms with Gasteiger partial charge in [-0.3, -0.25) is 0 Å². The van der Waals surface area contributed by atoms with Gasteiger partial charge in [-0.05, 0) is 39.7 Å². The number of rotatable bonds is 3. The second kappa shape index (κ2) is 5.22. The third-order valence-electron chi connectivity index (χ3n) is 3.69. The standard InChI is InChI=1S/C16H24FNO/c1-15(2)10-13(14(17)16(3,4)18-15)19-11-12-8-6-5-7-9-12/h5-9,13-14,18H,10-11H2,1-4H3/t13-,14-/m1/s1. The molecule has 19 heavy (non-hydrogen) atoms. The predicted molar refractivity (Wildman–Crippen MR) is 75.8 cm³/mol. The van der Waals surface area contributed by atoms with Crippen LogP contribution in [0.2, 0.25) is 0 Å². The molecule has 0 aliphatic carbocycles. The summed E-state index contributed by atoms with van der Waals surface area (Å²) in [6.07, 6.45) is -0.666. The van der Waals surface area contributed by atoms with Gasteiger partial charge in [-0.15, -0.1) is 0 Å². The Bertz CT molecular complexity index is 416. The monoisotopic (exact) mass is 265 g/mol. The summed E-state index contributed by atoms with van der Waals surface area (Å²) in [5.74, 6) is 0. The number of benzene rings is 1. The lowest BCUT2D eigenvalue weighted by Gasteiger charge is -2.48. The zero-order chi connectivity index (χ0) is 14.1. The Morgan fingerprint density at radius 1 is 1.21 bits per heavy atom. The maximum absolute atomic E-state index is 14.5. The molecule has 0 unspecified atom stereocenters. The van der Waals surface area contributed by atoms with Crippen molar-refractivity contribution in [2.45, 2.75) is 64.1 Å². The van der Waals surface area contributed by atoms with E-state index >= 15 is 0 Å². The fourth-order valence-electron chi connectivity index (χ4n) is 2.98. The molecule has 2 atom stereocenters. The molecule has 1 saturated heterocycles. The number of hydrogen-bond donors (Lipinski definition) is 1. The summed E-state index contributed by atoms with van der Waals surface area (Å²) in [6.45, 7) is 8.46. The summed E-state index contributed by atoms with van der Waals surface area (Å²) in [5, 5.41) is 3.35. The van der Waals surface area contributed by atoms with Crippen molar-refractivity contribution in [1.29, 1.82) is 0 Å². The van der Waals surface area contributed by atoms with E-state index in [2.05, 4.69) is 19.2 Å². The van der Waals surface area contributed by atoms with Crippen LogP contribution in [0.15, 0.2) is 30.3 Å². The minimum absolute atomic E-state index is 0.104. The van der Waals surface area contributed by atoms with Crippen LogP contribution in [-0.2, 0) is 11.3 Å². The topological polar surface area (TPSA) is 21.3 Å². The Hall–Kier alpha value is -0.930. The van der Waals surface area contributed by atoms with Gasteiger partial charge in [0.05, 0.1) is 12.7 Å². The summed E-state index contributed by atoms with van der Waals surface area (Å²) in [4.78, 5) is 0. The lowest BCUT2D eigenvalue weighted by Crippen LogP contribution is -2.66. The first-order valence-corrected chi connectivity index (χ1v) is 6.89. The fraction of sp³-hybridized carbons (Fsp3) is 0.625. The van der Waals surface area contributed by atoms with Crippen LogP contribution in [0.3, 0.4) is 0 Å². The molecule has 2 nitrogen and oxygen atoms in total. The molecule has 1 aromatic carbocycles. The van der Waals surface area contributed by atoms with Crippen molar-refractivity contribution in [2.24, 2.45) is 0 Å². The van der Waals surface area contributed by atoms with Crippen LogP contribution in [-0.4, -0.2) is 23.4 Å². The van der Waals surface area contributed by atoms with Gasteiger partial charge in [0.1, 0.15) is 6.17 Å². The molecule has 3 heteroatoms. The number of hydrogen-bond acceptors (Lipinski definition) is 2. The van der Waals surface area contributed by atoms with Crippen LogP contribution >= 0.6 is 0 Å². The fourth-order valence-corrected chi connectivity index (χ4v) is 2.98. The van der Waals surface area contributed by atoms with E-state index in [9.17, 15) is 4.39 Å². The molecular weight excluding hydrogens is 241 g/mol. The predicted octanol–water partition coefficient (Wildman–Crippen LogP) is 3.46. The normalized spacial score (nSPS) is 29.1. The molecule has 0 saturated carbocycles. The van der Waals surface area contributed by atoms with Gasteiger partial charge < -0.3 is 10.1 Å². The molecule has 1 aromatic rings. The third kappa shape index (κ3) is 3.54. The molecule has 0 radical (unpaired) electrons. The second-order valence-corrected chi connectivity index (χ2v) is 6.67. The van der Waals surface area contributed by atoms with Gasteiger partial charge in [0, 0.05) is 11.1 Å². The molecule has 1 aliphatic heterocycles. The van der Waals surface area contributed by atoms with Crippen LogP contribution in [0, 0.1) is 0 Å².